The Morgan fingerprint density at radius 2 is 1.70 bits per heavy atom. The van der Waals surface area contributed by atoms with Gasteiger partial charge in [-0.3, -0.25) is 9.59 Å². The Morgan fingerprint density at radius 3 is 2.30 bits per heavy atom. The third-order valence-electron chi connectivity index (χ3n) is 2.70. The number of rotatable bonds is 3. The van der Waals surface area contributed by atoms with Crippen molar-refractivity contribution in [2.24, 2.45) is 0 Å². The molecule has 120 valence electrons. The molecule has 0 radical (unpaired) electrons. The number of alkyl halides is 3. The summed E-state index contributed by atoms with van der Waals surface area (Å²) in [5.41, 5.74) is -0.837. The van der Waals surface area contributed by atoms with Crippen molar-refractivity contribution in [3.8, 4) is 0 Å². The number of aromatic nitrogens is 1. The number of nitrogens with zero attached hydrogens (tertiary/aromatic N) is 1. The topological polar surface area (TPSA) is 59.1 Å². The SMILES string of the molecule is O=C(c1ccccc1Cl)c1nc(Cl)ccc1NC(=O)C(F)(F)F. The summed E-state index contributed by atoms with van der Waals surface area (Å²) in [5, 5.41) is 1.57. The van der Waals surface area contributed by atoms with Crippen LogP contribution in [0.15, 0.2) is 36.4 Å². The Balaban J connectivity index is 2.46. The standard InChI is InChI=1S/C14H7Cl2F3N2O2/c15-8-4-2-1-3-7(8)12(22)11-9(5-6-10(16)21-11)20-13(23)14(17,18)19/h1-6H,(H,20,23). The molecule has 0 unspecified atom stereocenters. The Hall–Kier alpha value is -2.12. The van der Waals surface area contributed by atoms with E-state index in [1.54, 1.807) is 11.4 Å². The summed E-state index contributed by atoms with van der Waals surface area (Å²) in [4.78, 5) is 27.2. The average molecular weight is 363 g/mol. The van der Waals surface area contributed by atoms with E-state index in [2.05, 4.69) is 4.98 Å². The molecular weight excluding hydrogens is 356 g/mol. The maximum atomic E-state index is 12.4. The molecule has 0 saturated heterocycles. The summed E-state index contributed by atoms with van der Waals surface area (Å²) in [5.74, 6) is -2.99. The minimum atomic E-state index is -5.11. The molecule has 0 aliphatic rings. The van der Waals surface area contributed by atoms with Gasteiger partial charge in [-0.15, -0.1) is 0 Å². The molecule has 1 amide bonds. The normalized spacial score (nSPS) is 11.2. The van der Waals surface area contributed by atoms with Crippen LogP contribution in [0, 0.1) is 0 Å². The molecule has 23 heavy (non-hydrogen) atoms. The smallest absolute Gasteiger partial charge is 0.316 e. The largest absolute Gasteiger partial charge is 0.471 e. The van der Waals surface area contributed by atoms with Crippen LogP contribution in [0.2, 0.25) is 10.2 Å². The molecule has 0 spiro atoms. The molecule has 4 nitrogen and oxygen atoms in total. The van der Waals surface area contributed by atoms with Gasteiger partial charge in [0.2, 0.25) is 5.78 Å². The van der Waals surface area contributed by atoms with Gasteiger partial charge in [0.25, 0.3) is 0 Å². The van der Waals surface area contributed by atoms with Crippen molar-refractivity contribution in [1.29, 1.82) is 0 Å². The Morgan fingerprint density at radius 1 is 1.04 bits per heavy atom. The fourth-order valence-electron chi connectivity index (χ4n) is 1.68. The highest BCUT2D eigenvalue weighted by molar-refractivity contribution is 6.35. The number of benzene rings is 1. The van der Waals surface area contributed by atoms with Crippen LogP contribution >= 0.6 is 23.2 Å². The van der Waals surface area contributed by atoms with Crippen LogP contribution in [-0.2, 0) is 4.79 Å². The van der Waals surface area contributed by atoms with E-state index in [0.29, 0.717) is 0 Å². The maximum Gasteiger partial charge on any atom is 0.471 e. The molecule has 0 bridgehead atoms. The molecule has 0 fully saturated rings. The maximum absolute atomic E-state index is 12.4. The first-order valence-corrected chi connectivity index (χ1v) is 6.79. The fraction of sp³-hybridized carbons (Fsp3) is 0.0714. The number of hydrogen-bond donors (Lipinski definition) is 1. The number of carbonyl (C=O) groups is 2. The highest BCUT2D eigenvalue weighted by Gasteiger charge is 2.39. The van der Waals surface area contributed by atoms with E-state index in [0.717, 1.165) is 12.1 Å². The summed E-state index contributed by atoms with van der Waals surface area (Å²) >= 11 is 11.6. The number of carbonyl (C=O) groups excluding carboxylic acids is 2. The molecule has 2 rings (SSSR count). The van der Waals surface area contributed by atoms with E-state index in [1.807, 2.05) is 0 Å². The lowest BCUT2D eigenvalue weighted by Gasteiger charge is -2.12. The predicted octanol–water partition coefficient (Wildman–Crippen LogP) is 4.12. The van der Waals surface area contributed by atoms with Crippen molar-refractivity contribution in [2.75, 3.05) is 5.32 Å². The van der Waals surface area contributed by atoms with Gasteiger partial charge < -0.3 is 5.32 Å². The molecular formula is C14H7Cl2F3N2O2. The molecule has 1 N–H and O–H groups in total. The van der Waals surface area contributed by atoms with E-state index in [-0.39, 0.29) is 15.7 Å². The number of amides is 1. The van der Waals surface area contributed by atoms with Crippen LogP contribution < -0.4 is 5.32 Å². The summed E-state index contributed by atoms with van der Waals surface area (Å²) < 4.78 is 37.1. The van der Waals surface area contributed by atoms with E-state index >= 15 is 0 Å². The number of anilines is 1. The van der Waals surface area contributed by atoms with E-state index in [1.165, 1.54) is 18.2 Å². The van der Waals surface area contributed by atoms with Crippen molar-refractivity contribution in [3.05, 3.63) is 57.8 Å². The minimum absolute atomic E-state index is 0.0199. The fourth-order valence-corrected chi connectivity index (χ4v) is 2.04. The average Bonchev–Trinajstić information content (AvgIpc) is 2.48. The van der Waals surface area contributed by atoms with Gasteiger partial charge in [-0.2, -0.15) is 13.2 Å². The molecule has 1 aromatic carbocycles. The summed E-state index contributed by atoms with van der Waals surface area (Å²) in [6.07, 6.45) is -5.11. The molecule has 0 saturated carbocycles. The zero-order valence-electron chi connectivity index (χ0n) is 11.1. The molecule has 2 aromatic rings. The molecule has 1 heterocycles. The summed E-state index contributed by atoms with van der Waals surface area (Å²) in [7, 11) is 0. The zero-order valence-corrected chi connectivity index (χ0v) is 12.6. The van der Waals surface area contributed by atoms with Crippen LogP contribution in [0.4, 0.5) is 18.9 Å². The molecule has 0 aliphatic carbocycles. The van der Waals surface area contributed by atoms with Gasteiger partial charge in [0.1, 0.15) is 10.8 Å². The van der Waals surface area contributed by atoms with Crippen LogP contribution in [0.25, 0.3) is 0 Å². The van der Waals surface area contributed by atoms with Crippen LogP contribution in [0.5, 0.6) is 0 Å². The highest BCUT2D eigenvalue weighted by atomic mass is 35.5. The van der Waals surface area contributed by atoms with Crippen molar-refractivity contribution < 1.29 is 22.8 Å². The van der Waals surface area contributed by atoms with Crippen molar-refractivity contribution in [3.63, 3.8) is 0 Å². The van der Waals surface area contributed by atoms with Crippen LogP contribution in [0.3, 0.4) is 0 Å². The first kappa shape index (κ1) is 17.2. The van der Waals surface area contributed by atoms with Gasteiger partial charge in [0.05, 0.1) is 10.7 Å². The van der Waals surface area contributed by atoms with Gasteiger partial charge in [0.15, 0.2) is 0 Å². The molecule has 0 aliphatic heterocycles. The number of ketones is 1. The first-order valence-electron chi connectivity index (χ1n) is 6.04. The number of nitrogens with one attached hydrogen (secondary N) is 1. The minimum Gasteiger partial charge on any atom is -0.316 e. The lowest BCUT2D eigenvalue weighted by atomic mass is 10.1. The van der Waals surface area contributed by atoms with E-state index < -0.39 is 29.2 Å². The van der Waals surface area contributed by atoms with Gasteiger partial charge in [0, 0.05) is 5.56 Å². The Kier molecular flexibility index (Phi) is 4.91. The Labute approximate surface area is 138 Å². The lowest BCUT2D eigenvalue weighted by Crippen LogP contribution is -2.30. The monoisotopic (exact) mass is 362 g/mol. The van der Waals surface area contributed by atoms with Crippen molar-refractivity contribution in [2.45, 2.75) is 6.18 Å². The van der Waals surface area contributed by atoms with Gasteiger partial charge in [-0.25, -0.2) is 4.98 Å². The van der Waals surface area contributed by atoms with Crippen LogP contribution in [-0.4, -0.2) is 22.9 Å². The third kappa shape index (κ3) is 4.00. The second kappa shape index (κ2) is 6.55. The van der Waals surface area contributed by atoms with Crippen LogP contribution in [0.1, 0.15) is 16.1 Å². The third-order valence-corrected chi connectivity index (χ3v) is 3.24. The highest BCUT2D eigenvalue weighted by Crippen LogP contribution is 2.26. The summed E-state index contributed by atoms with van der Waals surface area (Å²) in [6.45, 7) is 0. The molecule has 1 aromatic heterocycles. The Bertz CT molecular complexity index is 779. The predicted molar refractivity (Wildman–Crippen MR) is 78.8 cm³/mol. The first-order chi connectivity index (χ1) is 10.7. The van der Waals surface area contributed by atoms with E-state index in [4.69, 9.17) is 23.2 Å². The lowest BCUT2D eigenvalue weighted by molar-refractivity contribution is -0.167. The van der Waals surface area contributed by atoms with Crippen molar-refractivity contribution in [1.82, 2.24) is 4.98 Å². The second-order valence-electron chi connectivity index (χ2n) is 4.29. The van der Waals surface area contributed by atoms with Gasteiger partial charge >= 0.3 is 12.1 Å². The molecule has 0 atom stereocenters. The number of halogens is 5. The quantitative estimate of drug-likeness (QED) is 0.659. The van der Waals surface area contributed by atoms with Gasteiger partial charge in [-0.1, -0.05) is 35.3 Å². The molecule has 9 heteroatoms. The van der Waals surface area contributed by atoms with Gasteiger partial charge in [-0.05, 0) is 24.3 Å². The van der Waals surface area contributed by atoms with Crippen molar-refractivity contribution >= 4 is 40.6 Å². The van der Waals surface area contributed by atoms with E-state index in [9.17, 15) is 22.8 Å². The number of hydrogen-bond acceptors (Lipinski definition) is 3. The summed E-state index contributed by atoms with van der Waals surface area (Å²) in [6, 6.07) is 8.13. The number of pyridine rings is 1. The second-order valence-corrected chi connectivity index (χ2v) is 5.09. The zero-order chi connectivity index (χ0) is 17.2.